The van der Waals surface area contributed by atoms with Gasteiger partial charge in [0.25, 0.3) is 5.91 Å². The van der Waals surface area contributed by atoms with Gasteiger partial charge < -0.3 is 15.0 Å². The van der Waals surface area contributed by atoms with Gasteiger partial charge in [-0.15, -0.1) is 0 Å². The van der Waals surface area contributed by atoms with Gasteiger partial charge in [0.05, 0.1) is 5.56 Å². The molecule has 0 radical (unpaired) electrons. The van der Waals surface area contributed by atoms with Crippen LogP contribution < -0.4 is 0 Å². The molecule has 0 bridgehead atoms. The number of nitrogens with zero attached hydrogens (tertiary/aromatic N) is 3. The molecule has 6 heteroatoms. The van der Waals surface area contributed by atoms with Gasteiger partial charge >= 0.3 is 5.82 Å². The van der Waals surface area contributed by atoms with Gasteiger partial charge in [-0.05, 0) is 28.8 Å². The summed E-state index contributed by atoms with van der Waals surface area (Å²) >= 11 is 0. The molecule has 0 aliphatic carbocycles. The Balaban J connectivity index is 2.84. The molecule has 1 aromatic heterocycles. The van der Waals surface area contributed by atoms with Crippen molar-refractivity contribution in [1.82, 2.24) is 9.88 Å². The first-order chi connectivity index (χ1) is 8.60. The summed E-state index contributed by atoms with van der Waals surface area (Å²) in [6.45, 7) is 5.38. The maximum Gasteiger partial charge on any atom is 0.363 e. The van der Waals surface area contributed by atoms with Gasteiger partial charge in [-0.1, -0.05) is 13.8 Å². The van der Waals surface area contributed by atoms with Crippen molar-refractivity contribution >= 4 is 11.7 Å². The second-order valence-electron chi connectivity index (χ2n) is 3.95. The lowest BCUT2D eigenvalue weighted by molar-refractivity contribution is -0.389. The average molecular weight is 251 g/mol. The van der Waals surface area contributed by atoms with Crippen molar-refractivity contribution < 1.29 is 9.72 Å². The van der Waals surface area contributed by atoms with Crippen LogP contribution in [0.2, 0.25) is 0 Å². The number of rotatable bonds is 6. The largest absolute Gasteiger partial charge is 0.363 e. The summed E-state index contributed by atoms with van der Waals surface area (Å²) < 4.78 is 0. The molecule has 0 N–H and O–H groups in total. The van der Waals surface area contributed by atoms with Crippen LogP contribution in [0.3, 0.4) is 0 Å². The maximum atomic E-state index is 12.1. The van der Waals surface area contributed by atoms with Gasteiger partial charge in [-0.2, -0.15) is 0 Å². The van der Waals surface area contributed by atoms with E-state index in [0.717, 1.165) is 12.8 Å². The second-order valence-corrected chi connectivity index (χ2v) is 3.95. The Bertz CT molecular complexity index is 411. The fraction of sp³-hybridized carbons (Fsp3) is 0.500. The average Bonchev–Trinajstić information content (AvgIpc) is 2.38. The van der Waals surface area contributed by atoms with Crippen molar-refractivity contribution in [2.24, 2.45) is 0 Å². The van der Waals surface area contributed by atoms with Crippen LogP contribution in [0.1, 0.15) is 37.0 Å². The lowest BCUT2D eigenvalue weighted by Crippen LogP contribution is -2.32. The molecule has 98 valence electrons. The van der Waals surface area contributed by atoms with Gasteiger partial charge in [-0.25, -0.2) is 0 Å². The predicted molar refractivity (Wildman–Crippen MR) is 67.4 cm³/mol. The van der Waals surface area contributed by atoms with Gasteiger partial charge in [-0.3, -0.25) is 4.79 Å². The van der Waals surface area contributed by atoms with Crippen molar-refractivity contribution in [2.45, 2.75) is 26.7 Å². The van der Waals surface area contributed by atoms with E-state index in [4.69, 9.17) is 0 Å². The summed E-state index contributed by atoms with van der Waals surface area (Å²) in [5.41, 5.74) is 0.391. The van der Waals surface area contributed by atoms with E-state index in [1.807, 2.05) is 13.8 Å². The topological polar surface area (TPSA) is 76.3 Å². The van der Waals surface area contributed by atoms with Crippen molar-refractivity contribution in [2.75, 3.05) is 13.1 Å². The third-order valence-corrected chi connectivity index (χ3v) is 2.46. The standard InChI is InChI=1S/C12H17N3O3/c1-3-7-14(8-4-2)12(16)10-5-6-11(13-9-10)15(17)18/h5-6,9H,3-4,7-8H2,1-2H3. The molecule has 1 heterocycles. The molecular formula is C12H17N3O3. The zero-order chi connectivity index (χ0) is 13.5. The Hall–Kier alpha value is -1.98. The molecular weight excluding hydrogens is 234 g/mol. The number of carbonyl (C=O) groups excluding carboxylic acids is 1. The normalized spacial score (nSPS) is 10.1. The molecule has 0 saturated heterocycles. The van der Waals surface area contributed by atoms with Crippen LogP contribution in [0.25, 0.3) is 0 Å². The fourth-order valence-electron chi connectivity index (χ4n) is 1.66. The van der Waals surface area contributed by atoms with Crippen LogP contribution in [0.15, 0.2) is 18.3 Å². The highest BCUT2D eigenvalue weighted by atomic mass is 16.6. The van der Waals surface area contributed by atoms with Crippen molar-refractivity contribution in [1.29, 1.82) is 0 Å². The molecule has 6 nitrogen and oxygen atoms in total. The Labute approximate surface area is 106 Å². The van der Waals surface area contributed by atoms with Crippen LogP contribution in [0, 0.1) is 10.1 Å². The maximum absolute atomic E-state index is 12.1. The summed E-state index contributed by atoms with van der Waals surface area (Å²) in [5, 5.41) is 10.5. The Kier molecular flexibility index (Phi) is 5.23. The molecule has 18 heavy (non-hydrogen) atoms. The van der Waals surface area contributed by atoms with Crippen LogP contribution in [-0.2, 0) is 0 Å². The third kappa shape index (κ3) is 3.51. The minimum atomic E-state index is -0.579. The molecule has 0 aliphatic rings. The van der Waals surface area contributed by atoms with Crippen LogP contribution in [-0.4, -0.2) is 33.8 Å². The van der Waals surface area contributed by atoms with Crippen LogP contribution in [0.4, 0.5) is 5.82 Å². The van der Waals surface area contributed by atoms with Gasteiger partial charge in [0, 0.05) is 19.2 Å². The summed E-state index contributed by atoms with van der Waals surface area (Å²) in [4.78, 5) is 27.4. The highest BCUT2D eigenvalue weighted by Crippen LogP contribution is 2.10. The highest BCUT2D eigenvalue weighted by Gasteiger charge is 2.17. The van der Waals surface area contributed by atoms with E-state index in [1.165, 1.54) is 18.3 Å². The highest BCUT2D eigenvalue weighted by molar-refractivity contribution is 5.94. The molecule has 0 saturated carbocycles. The SMILES string of the molecule is CCCN(CCC)C(=O)c1ccc([N+](=O)[O-])nc1. The zero-order valence-corrected chi connectivity index (χ0v) is 10.6. The lowest BCUT2D eigenvalue weighted by Gasteiger charge is -2.20. The number of hydrogen-bond acceptors (Lipinski definition) is 4. The second kappa shape index (κ2) is 6.68. The summed E-state index contributed by atoms with van der Waals surface area (Å²) in [6, 6.07) is 2.70. The van der Waals surface area contributed by atoms with Crippen LogP contribution >= 0.6 is 0 Å². The minimum absolute atomic E-state index is 0.124. The van der Waals surface area contributed by atoms with Crippen molar-refractivity contribution in [3.63, 3.8) is 0 Å². The lowest BCUT2D eigenvalue weighted by atomic mass is 10.2. The molecule has 1 amide bonds. The van der Waals surface area contributed by atoms with E-state index < -0.39 is 4.92 Å². The molecule has 1 rings (SSSR count). The van der Waals surface area contributed by atoms with E-state index in [1.54, 1.807) is 4.90 Å². The van der Waals surface area contributed by atoms with E-state index in [0.29, 0.717) is 18.7 Å². The molecule has 0 fully saturated rings. The Morgan fingerprint density at radius 3 is 2.33 bits per heavy atom. The molecule has 0 aromatic carbocycles. The molecule has 0 aliphatic heterocycles. The van der Waals surface area contributed by atoms with Crippen molar-refractivity contribution in [3.8, 4) is 0 Å². The predicted octanol–water partition coefficient (Wildman–Crippen LogP) is 2.25. The monoisotopic (exact) mass is 251 g/mol. The van der Waals surface area contributed by atoms with Gasteiger partial charge in [0.15, 0.2) is 6.20 Å². The minimum Gasteiger partial charge on any atom is -0.358 e. The molecule has 0 unspecified atom stereocenters. The number of pyridine rings is 1. The summed E-state index contributed by atoms with van der Waals surface area (Å²) in [5.74, 6) is -0.370. The molecule has 0 atom stereocenters. The Morgan fingerprint density at radius 1 is 1.33 bits per heavy atom. The van der Waals surface area contributed by atoms with E-state index in [-0.39, 0.29) is 11.7 Å². The number of carbonyl (C=O) groups is 1. The smallest absolute Gasteiger partial charge is 0.358 e. The number of nitro groups is 1. The van der Waals surface area contributed by atoms with E-state index >= 15 is 0 Å². The molecule has 0 spiro atoms. The first-order valence-corrected chi connectivity index (χ1v) is 5.99. The molecule has 1 aromatic rings. The van der Waals surface area contributed by atoms with Gasteiger partial charge in [0.2, 0.25) is 0 Å². The van der Waals surface area contributed by atoms with Crippen molar-refractivity contribution in [3.05, 3.63) is 34.0 Å². The number of aromatic nitrogens is 1. The van der Waals surface area contributed by atoms with Gasteiger partial charge in [0.1, 0.15) is 0 Å². The summed E-state index contributed by atoms with van der Waals surface area (Å²) in [6.07, 6.45) is 3.02. The number of hydrogen-bond donors (Lipinski definition) is 0. The first kappa shape index (κ1) is 14.1. The zero-order valence-electron chi connectivity index (χ0n) is 10.6. The quantitative estimate of drug-likeness (QED) is 0.574. The number of amides is 1. The van der Waals surface area contributed by atoms with Crippen LogP contribution in [0.5, 0.6) is 0 Å². The summed E-state index contributed by atoms with van der Waals surface area (Å²) in [7, 11) is 0. The Morgan fingerprint density at radius 2 is 1.94 bits per heavy atom. The third-order valence-electron chi connectivity index (χ3n) is 2.46. The van der Waals surface area contributed by atoms with E-state index in [9.17, 15) is 14.9 Å². The van der Waals surface area contributed by atoms with E-state index in [2.05, 4.69) is 4.98 Å². The first-order valence-electron chi connectivity index (χ1n) is 5.99. The fourth-order valence-corrected chi connectivity index (χ4v) is 1.66.